The van der Waals surface area contributed by atoms with E-state index in [1.807, 2.05) is 77.7 Å². The zero-order valence-corrected chi connectivity index (χ0v) is 42.3. The van der Waals surface area contributed by atoms with E-state index in [1.54, 1.807) is 68.4 Å². The zero-order chi connectivity index (χ0) is 52.2. The van der Waals surface area contributed by atoms with Crippen LogP contribution in [-0.2, 0) is 38.8 Å². The van der Waals surface area contributed by atoms with Crippen molar-refractivity contribution in [1.82, 2.24) is 10.2 Å². The highest BCUT2D eigenvalue weighted by atomic mass is 16.6. The lowest BCUT2D eigenvalue weighted by molar-refractivity contribution is -0.178. The number of fused-ring (bicyclic) bond motifs is 3. The number of carbonyl (C=O) groups excluding carboxylic acids is 5. The standard InChI is InChI=1S/C60H61N5O10/c1-38(2)50(56(68)72-3)62-59(71)64-47-30-25-40(24-23-39-15-7-4-8-16-39)37-46(47)60(58(64)70)49(55(67)61-43-26-28-44(29-27-43)63-31-34-73-35-32-63)52-57(69)75-53(42-19-11-6-12-20-42)51(41-17-9-5-10-18-41)65(52)54(60)45-21-13-14-22-48(45)74-36-33-66/h5-6,9-15,17-22,25-30,37-38,49-54,66H,4,7-8,16,31-36H2,1-3H3,(H,61,67)(H,62,71). The van der Waals surface area contributed by atoms with E-state index in [9.17, 15) is 9.90 Å². The molecule has 3 fully saturated rings. The van der Waals surface area contributed by atoms with Crippen LogP contribution in [-0.4, -0.2) is 98.5 Å². The second-order valence-corrected chi connectivity index (χ2v) is 19.8. The number of rotatable bonds is 12. The van der Waals surface area contributed by atoms with Crippen LogP contribution < -0.4 is 25.2 Å². The summed E-state index contributed by atoms with van der Waals surface area (Å²) in [5, 5.41) is 16.1. The number of urea groups is 1. The van der Waals surface area contributed by atoms with E-state index in [2.05, 4.69) is 33.5 Å². The van der Waals surface area contributed by atoms with Crippen LogP contribution in [0.2, 0.25) is 0 Å². The third-order valence-electron chi connectivity index (χ3n) is 15.1. The van der Waals surface area contributed by atoms with Gasteiger partial charge in [0, 0.05) is 35.6 Å². The number of cyclic esters (lactones) is 1. The van der Waals surface area contributed by atoms with Gasteiger partial charge in [0.15, 0.2) is 0 Å². The van der Waals surface area contributed by atoms with Gasteiger partial charge in [-0.2, -0.15) is 0 Å². The Labute approximate surface area is 436 Å². The van der Waals surface area contributed by atoms with Crippen molar-refractivity contribution in [1.29, 1.82) is 0 Å². The molecule has 7 unspecified atom stereocenters. The largest absolute Gasteiger partial charge is 0.491 e. The summed E-state index contributed by atoms with van der Waals surface area (Å²) in [5.74, 6) is 1.87. The molecule has 10 rings (SSSR count). The number of para-hydroxylation sites is 1. The topological polar surface area (TPSA) is 176 Å². The monoisotopic (exact) mass is 1010 g/mol. The number of imide groups is 1. The number of aliphatic hydroxyl groups is 1. The van der Waals surface area contributed by atoms with Crippen molar-refractivity contribution < 1.29 is 48.0 Å². The Balaban J connectivity index is 1.26. The highest BCUT2D eigenvalue weighted by Crippen LogP contribution is 2.66. The third kappa shape index (κ3) is 9.54. The number of amides is 4. The van der Waals surface area contributed by atoms with Crippen LogP contribution in [0.15, 0.2) is 139 Å². The van der Waals surface area contributed by atoms with Crippen molar-refractivity contribution in [3.63, 3.8) is 0 Å². The summed E-state index contributed by atoms with van der Waals surface area (Å²) in [5.41, 5.74) is 2.83. The molecular formula is C60H61N5O10. The first-order valence-electron chi connectivity index (χ1n) is 25.8. The minimum Gasteiger partial charge on any atom is -0.491 e. The number of benzene rings is 5. The molecule has 4 amide bonds. The summed E-state index contributed by atoms with van der Waals surface area (Å²) in [6.07, 6.45) is 4.96. The lowest BCUT2D eigenvalue weighted by atomic mass is 9.65. The number of nitrogens with zero attached hydrogens (tertiary/aromatic N) is 3. The predicted molar refractivity (Wildman–Crippen MR) is 282 cm³/mol. The number of aliphatic hydroxyl groups excluding tert-OH is 1. The van der Waals surface area contributed by atoms with Crippen LogP contribution in [0.3, 0.4) is 0 Å². The summed E-state index contributed by atoms with van der Waals surface area (Å²) in [4.78, 5) is 82.6. The van der Waals surface area contributed by atoms with Gasteiger partial charge in [0.05, 0.1) is 50.6 Å². The van der Waals surface area contributed by atoms with Gasteiger partial charge in [-0.15, -0.1) is 0 Å². The van der Waals surface area contributed by atoms with Crippen LogP contribution >= 0.6 is 0 Å². The van der Waals surface area contributed by atoms with Crippen LogP contribution in [0, 0.1) is 23.7 Å². The molecule has 1 spiro atoms. The molecule has 5 aliphatic rings. The van der Waals surface area contributed by atoms with E-state index in [-0.39, 0.29) is 30.2 Å². The number of morpholine rings is 2. The Hall–Kier alpha value is -7.77. The number of allylic oxidation sites excluding steroid dienone is 2. The number of anilines is 3. The van der Waals surface area contributed by atoms with Gasteiger partial charge < -0.3 is 39.6 Å². The highest BCUT2D eigenvalue weighted by molar-refractivity contribution is 6.25. The summed E-state index contributed by atoms with van der Waals surface area (Å²) < 4.78 is 23.8. The molecule has 3 N–H and O–H groups in total. The molecule has 0 saturated carbocycles. The fourth-order valence-corrected chi connectivity index (χ4v) is 11.7. The van der Waals surface area contributed by atoms with Gasteiger partial charge >= 0.3 is 18.0 Å². The molecule has 3 saturated heterocycles. The molecule has 0 radical (unpaired) electrons. The highest BCUT2D eigenvalue weighted by Gasteiger charge is 2.76. The van der Waals surface area contributed by atoms with E-state index < -0.39 is 77.3 Å². The SMILES string of the molecule is COC(=O)C(NC(=O)N1C(=O)C2(c3cc(C#CC4=CCCCC4)ccc31)C(C(=O)Nc1ccc(N3CCOCC3)cc1)C1C(=O)OC(c3ccccc3)C(c3ccccc3)N1C2c1ccccc1OCCO)C(C)C. The molecule has 386 valence electrons. The molecule has 1 aliphatic carbocycles. The number of carbonyl (C=O) groups is 5. The van der Waals surface area contributed by atoms with Crippen molar-refractivity contribution >= 4 is 46.8 Å². The lowest BCUT2D eigenvalue weighted by Crippen LogP contribution is -2.57. The average Bonchev–Trinajstić information content (AvgIpc) is 3.91. The normalized spacial score (nSPS) is 23.5. The first-order valence-corrected chi connectivity index (χ1v) is 25.8. The Morgan fingerprint density at radius 3 is 2.23 bits per heavy atom. The van der Waals surface area contributed by atoms with Crippen molar-refractivity contribution in [3.8, 4) is 17.6 Å². The van der Waals surface area contributed by atoms with Gasteiger partial charge in [-0.3, -0.25) is 19.3 Å². The van der Waals surface area contributed by atoms with E-state index in [1.165, 1.54) is 7.11 Å². The smallest absolute Gasteiger partial charge is 0.329 e. The van der Waals surface area contributed by atoms with Crippen molar-refractivity contribution in [2.24, 2.45) is 11.8 Å². The minimum atomic E-state index is -2.16. The number of ether oxygens (including phenoxy) is 4. The second kappa shape index (κ2) is 22.0. The maximum Gasteiger partial charge on any atom is 0.329 e. The van der Waals surface area contributed by atoms with Crippen LogP contribution in [0.4, 0.5) is 21.9 Å². The first-order chi connectivity index (χ1) is 36.5. The maximum atomic E-state index is 16.9. The van der Waals surface area contributed by atoms with Gasteiger partial charge in [-0.05, 0) is 102 Å². The third-order valence-corrected chi connectivity index (χ3v) is 15.1. The maximum absolute atomic E-state index is 16.9. The number of nitrogens with one attached hydrogen (secondary N) is 2. The summed E-state index contributed by atoms with van der Waals surface area (Å²) >= 11 is 0. The van der Waals surface area contributed by atoms with Gasteiger partial charge in [0.25, 0.3) is 0 Å². The Bertz CT molecular complexity index is 3040. The van der Waals surface area contributed by atoms with E-state index in [0.29, 0.717) is 48.7 Å². The van der Waals surface area contributed by atoms with Crippen molar-refractivity contribution in [3.05, 3.63) is 167 Å². The fourth-order valence-electron chi connectivity index (χ4n) is 11.7. The average molecular weight is 1010 g/mol. The zero-order valence-electron chi connectivity index (χ0n) is 42.3. The van der Waals surface area contributed by atoms with Crippen LogP contribution in [0.1, 0.15) is 85.5 Å². The van der Waals surface area contributed by atoms with E-state index in [0.717, 1.165) is 47.4 Å². The van der Waals surface area contributed by atoms with Gasteiger partial charge in [0.1, 0.15) is 36.0 Å². The molecule has 5 aromatic carbocycles. The summed E-state index contributed by atoms with van der Waals surface area (Å²) in [6.45, 7) is 5.58. The molecular weight excluding hydrogens is 951 g/mol. The molecule has 4 aliphatic heterocycles. The minimum absolute atomic E-state index is 0.125. The summed E-state index contributed by atoms with van der Waals surface area (Å²) in [6, 6.07) is 32.7. The van der Waals surface area contributed by atoms with E-state index >= 15 is 19.2 Å². The Morgan fingerprint density at radius 2 is 1.55 bits per heavy atom. The van der Waals surface area contributed by atoms with Gasteiger partial charge in [-0.25, -0.2) is 14.5 Å². The van der Waals surface area contributed by atoms with Crippen molar-refractivity contribution in [2.75, 3.05) is 61.7 Å². The number of methoxy groups -OCH3 is 1. The second-order valence-electron chi connectivity index (χ2n) is 19.8. The van der Waals surface area contributed by atoms with Gasteiger partial charge in [0.2, 0.25) is 11.8 Å². The molecule has 0 aromatic heterocycles. The number of hydrogen-bond donors (Lipinski definition) is 3. The Morgan fingerprint density at radius 1 is 0.840 bits per heavy atom. The van der Waals surface area contributed by atoms with Crippen molar-refractivity contribution in [2.45, 2.75) is 75.2 Å². The van der Waals surface area contributed by atoms with E-state index in [4.69, 9.17) is 18.9 Å². The number of hydrogen-bond acceptors (Lipinski definition) is 12. The van der Waals surface area contributed by atoms with Gasteiger partial charge in [-0.1, -0.05) is 111 Å². The number of esters is 2. The van der Waals surface area contributed by atoms with Crippen LogP contribution in [0.25, 0.3) is 0 Å². The lowest BCUT2D eigenvalue weighted by Gasteiger charge is -2.46. The molecule has 75 heavy (non-hydrogen) atoms. The molecule has 15 heteroatoms. The fraction of sp³-hybridized carbons (Fsp3) is 0.350. The predicted octanol–water partition coefficient (Wildman–Crippen LogP) is 7.96. The molecule has 15 nitrogen and oxygen atoms in total. The molecule has 0 bridgehead atoms. The first kappa shape index (κ1) is 50.7. The quantitative estimate of drug-likeness (QED) is 0.0814. The molecule has 7 atom stereocenters. The Kier molecular flexibility index (Phi) is 14.9. The molecule has 5 aromatic rings. The van der Waals surface area contributed by atoms with Crippen LogP contribution in [0.5, 0.6) is 5.75 Å². The summed E-state index contributed by atoms with van der Waals surface area (Å²) in [7, 11) is 1.22. The molecule has 4 heterocycles.